The Morgan fingerprint density at radius 3 is 2.41 bits per heavy atom. The molecule has 0 bridgehead atoms. The van der Waals surface area contributed by atoms with Crippen LogP contribution in [0.15, 0.2) is 36.4 Å². The van der Waals surface area contributed by atoms with Gasteiger partial charge in [-0.25, -0.2) is 4.79 Å². The van der Waals surface area contributed by atoms with E-state index in [0.29, 0.717) is 12.1 Å². The Balaban J connectivity index is 2.32. The first kappa shape index (κ1) is 25.4. The average molecular weight is 440 g/mol. The summed E-state index contributed by atoms with van der Waals surface area (Å²) < 4.78 is 5.62. The molecule has 0 fully saturated rings. The van der Waals surface area contributed by atoms with Crippen LogP contribution < -0.4 is 10.1 Å². The molecule has 174 valence electrons. The lowest BCUT2D eigenvalue weighted by Gasteiger charge is -2.24. The maximum absolute atomic E-state index is 13.2. The molecule has 5 heteroatoms. The molecule has 2 aromatic rings. The van der Waals surface area contributed by atoms with Crippen molar-refractivity contribution in [2.24, 2.45) is 0 Å². The van der Waals surface area contributed by atoms with Crippen molar-refractivity contribution in [3.63, 3.8) is 0 Å². The van der Waals surface area contributed by atoms with Crippen LogP contribution in [-0.4, -0.2) is 24.1 Å². The molecular weight excluding hydrogens is 402 g/mol. The summed E-state index contributed by atoms with van der Waals surface area (Å²) in [5.41, 5.74) is 3.55. The van der Waals surface area contributed by atoms with Gasteiger partial charge in [-0.05, 0) is 59.6 Å². The fourth-order valence-corrected chi connectivity index (χ4v) is 4.02. The van der Waals surface area contributed by atoms with Crippen LogP contribution in [0.4, 0.5) is 5.69 Å². The molecular formula is C27H37NO4. The second-order valence-corrected chi connectivity index (χ2v) is 9.51. The second-order valence-electron chi connectivity index (χ2n) is 9.51. The zero-order valence-electron chi connectivity index (χ0n) is 20.2. The van der Waals surface area contributed by atoms with Crippen molar-refractivity contribution < 1.29 is 19.4 Å². The molecule has 0 saturated heterocycles. The fourth-order valence-electron chi connectivity index (χ4n) is 4.02. The van der Waals surface area contributed by atoms with Crippen LogP contribution >= 0.6 is 0 Å². The van der Waals surface area contributed by atoms with E-state index in [2.05, 4.69) is 24.4 Å². The molecule has 1 unspecified atom stereocenters. The largest absolute Gasteiger partial charge is 0.496 e. The van der Waals surface area contributed by atoms with Gasteiger partial charge in [0.1, 0.15) is 5.75 Å². The zero-order valence-corrected chi connectivity index (χ0v) is 20.2. The summed E-state index contributed by atoms with van der Waals surface area (Å²) in [6.45, 7) is 10.3. The zero-order chi connectivity index (χ0) is 23.9. The van der Waals surface area contributed by atoms with Gasteiger partial charge in [0, 0.05) is 12.1 Å². The number of ether oxygens (including phenoxy) is 1. The van der Waals surface area contributed by atoms with Crippen molar-refractivity contribution in [1.82, 2.24) is 0 Å². The van der Waals surface area contributed by atoms with E-state index in [1.807, 2.05) is 33.8 Å². The quantitative estimate of drug-likeness (QED) is 0.404. The Hall–Kier alpha value is -2.82. The highest BCUT2D eigenvalue weighted by atomic mass is 16.5. The van der Waals surface area contributed by atoms with Gasteiger partial charge in [0.15, 0.2) is 0 Å². The molecule has 32 heavy (non-hydrogen) atoms. The van der Waals surface area contributed by atoms with Crippen LogP contribution in [0.2, 0.25) is 0 Å². The summed E-state index contributed by atoms with van der Waals surface area (Å²) in [4.78, 5) is 24.6. The van der Waals surface area contributed by atoms with Gasteiger partial charge in [-0.2, -0.15) is 0 Å². The van der Waals surface area contributed by atoms with Crippen LogP contribution in [0.1, 0.15) is 92.8 Å². The van der Waals surface area contributed by atoms with E-state index in [1.54, 1.807) is 25.3 Å². The van der Waals surface area contributed by atoms with E-state index in [-0.39, 0.29) is 22.8 Å². The Kier molecular flexibility index (Phi) is 8.88. The number of carbonyl (C=O) groups excluding carboxylic acids is 1. The van der Waals surface area contributed by atoms with Crippen LogP contribution in [0, 0.1) is 6.92 Å². The fraction of sp³-hybridized carbons (Fsp3) is 0.481. The van der Waals surface area contributed by atoms with Crippen molar-refractivity contribution in [2.45, 2.75) is 78.1 Å². The molecule has 0 radical (unpaired) electrons. The molecule has 1 atom stereocenters. The number of methoxy groups -OCH3 is 1. The first-order chi connectivity index (χ1) is 15.1. The number of aryl methyl sites for hydroxylation is 1. The molecule has 2 N–H and O–H groups in total. The Morgan fingerprint density at radius 1 is 1.09 bits per heavy atom. The number of rotatable bonds is 10. The number of carbonyl (C=O) groups is 2. The number of anilines is 1. The van der Waals surface area contributed by atoms with E-state index >= 15 is 0 Å². The summed E-state index contributed by atoms with van der Waals surface area (Å²) in [5, 5.41) is 12.4. The lowest BCUT2D eigenvalue weighted by Crippen LogP contribution is -2.21. The van der Waals surface area contributed by atoms with Gasteiger partial charge in [-0.3, -0.25) is 4.79 Å². The SMILES string of the molecule is CCCCCC(CC(=O)Nc1cc(C(=O)O)ccc1C(C)(C)C)c1ccc(C)cc1OC. The lowest BCUT2D eigenvalue weighted by molar-refractivity contribution is -0.116. The Morgan fingerprint density at radius 2 is 1.81 bits per heavy atom. The van der Waals surface area contributed by atoms with Gasteiger partial charge < -0.3 is 15.2 Å². The van der Waals surface area contributed by atoms with Gasteiger partial charge in [0.05, 0.1) is 12.7 Å². The van der Waals surface area contributed by atoms with Gasteiger partial charge >= 0.3 is 5.97 Å². The molecule has 0 saturated carbocycles. The highest BCUT2D eigenvalue weighted by Gasteiger charge is 2.23. The normalized spacial score (nSPS) is 12.3. The van der Waals surface area contributed by atoms with Crippen LogP contribution in [0.3, 0.4) is 0 Å². The maximum Gasteiger partial charge on any atom is 0.335 e. The third-order valence-electron chi connectivity index (χ3n) is 5.77. The minimum atomic E-state index is -1.01. The minimum absolute atomic E-state index is 0.0258. The smallest absolute Gasteiger partial charge is 0.335 e. The number of aromatic carboxylic acids is 1. The average Bonchev–Trinajstić information content (AvgIpc) is 2.72. The summed E-state index contributed by atoms with van der Waals surface area (Å²) >= 11 is 0. The van der Waals surface area contributed by atoms with Gasteiger partial charge in [-0.15, -0.1) is 0 Å². The maximum atomic E-state index is 13.2. The second kappa shape index (κ2) is 11.2. The monoisotopic (exact) mass is 439 g/mol. The summed E-state index contributed by atoms with van der Waals surface area (Å²) in [6.07, 6.45) is 4.46. The predicted octanol–water partition coefficient (Wildman–Crippen LogP) is 6.69. The van der Waals surface area contributed by atoms with E-state index in [1.165, 1.54) is 0 Å². The molecule has 0 aliphatic rings. The number of hydrogen-bond acceptors (Lipinski definition) is 3. The molecule has 0 heterocycles. The van der Waals surface area contributed by atoms with E-state index in [0.717, 1.165) is 48.1 Å². The third kappa shape index (κ3) is 6.84. The first-order valence-corrected chi connectivity index (χ1v) is 11.4. The van der Waals surface area contributed by atoms with E-state index < -0.39 is 5.97 Å². The summed E-state index contributed by atoms with van der Waals surface area (Å²) in [6, 6.07) is 11.1. The van der Waals surface area contributed by atoms with Gasteiger partial charge in [0.25, 0.3) is 0 Å². The minimum Gasteiger partial charge on any atom is -0.496 e. The Bertz CT molecular complexity index is 943. The van der Waals surface area contributed by atoms with E-state index in [9.17, 15) is 14.7 Å². The highest BCUT2D eigenvalue weighted by molar-refractivity contribution is 5.95. The van der Waals surface area contributed by atoms with Crippen LogP contribution in [0.5, 0.6) is 5.75 Å². The van der Waals surface area contributed by atoms with Crippen molar-refractivity contribution in [3.8, 4) is 5.75 Å². The number of amides is 1. The van der Waals surface area contributed by atoms with Crippen molar-refractivity contribution in [1.29, 1.82) is 0 Å². The molecule has 0 aliphatic carbocycles. The number of carboxylic acid groups (broad SMARTS) is 1. The van der Waals surface area contributed by atoms with Crippen molar-refractivity contribution >= 4 is 17.6 Å². The number of benzene rings is 2. The number of unbranched alkanes of at least 4 members (excludes halogenated alkanes) is 2. The molecule has 0 aliphatic heterocycles. The molecule has 0 aromatic heterocycles. The van der Waals surface area contributed by atoms with Crippen molar-refractivity contribution in [3.05, 3.63) is 58.7 Å². The van der Waals surface area contributed by atoms with Gasteiger partial charge in [-0.1, -0.05) is 65.2 Å². The number of hydrogen-bond donors (Lipinski definition) is 2. The van der Waals surface area contributed by atoms with E-state index in [4.69, 9.17) is 4.74 Å². The van der Waals surface area contributed by atoms with Crippen LogP contribution in [-0.2, 0) is 10.2 Å². The molecule has 2 rings (SSSR count). The third-order valence-corrected chi connectivity index (χ3v) is 5.77. The van der Waals surface area contributed by atoms with Crippen molar-refractivity contribution in [2.75, 3.05) is 12.4 Å². The number of carboxylic acids is 1. The summed E-state index contributed by atoms with van der Waals surface area (Å²) in [7, 11) is 1.66. The topological polar surface area (TPSA) is 75.6 Å². The van der Waals surface area contributed by atoms with Gasteiger partial charge in [0.2, 0.25) is 5.91 Å². The molecule has 0 spiro atoms. The standard InChI is InChI=1S/C27H37NO4/c1-7-8-9-10-19(21-13-11-18(2)15-24(21)32-6)17-25(29)28-23-16-20(26(30)31)12-14-22(23)27(3,4)5/h11-16,19H,7-10,17H2,1-6H3,(H,28,29)(H,30,31). The van der Waals surface area contributed by atoms with Crippen LogP contribution in [0.25, 0.3) is 0 Å². The Labute approximate surface area is 192 Å². The predicted molar refractivity (Wildman–Crippen MR) is 130 cm³/mol. The molecule has 1 amide bonds. The lowest BCUT2D eigenvalue weighted by atomic mass is 9.85. The number of nitrogens with one attached hydrogen (secondary N) is 1. The molecule has 5 nitrogen and oxygen atoms in total. The molecule has 2 aromatic carbocycles. The summed E-state index contributed by atoms with van der Waals surface area (Å²) in [5.74, 6) is -0.301. The first-order valence-electron chi connectivity index (χ1n) is 11.4. The highest BCUT2D eigenvalue weighted by Crippen LogP contribution is 2.35.